The Morgan fingerprint density at radius 3 is 2.69 bits per heavy atom. The van der Waals surface area contributed by atoms with Crippen molar-refractivity contribution in [2.45, 2.75) is 25.3 Å². The summed E-state index contributed by atoms with van der Waals surface area (Å²) in [6.45, 7) is 0.433. The van der Waals surface area contributed by atoms with Gasteiger partial charge in [0.25, 0.3) is 0 Å². The molecule has 0 heterocycles. The minimum Gasteiger partial charge on any atom is -0.392 e. The molecule has 94 valence electrons. The molecule has 1 aliphatic carbocycles. The SMILES string of the molecule is COCCCS(=O)(=O)NC(C(N)=S)C1CC1. The average molecular weight is 266 g/mol. The Bertz CT molecular complexity index is 339. The predicted molar refractivity (Wildman–Crippen MR) is 66.7 cm³/mol. The number of hydrogen-bond donors (Lipinski definition) is 2. The normalized spacial score (nSPS) is 18.3. The molecule has 1 fully saturated rings. The van der Waals surface area contributed by atoms with E-state index in [9.17, 15) is 8.42 Å². The van der Waals surface area contributed by atoms with Crippen LogP contribution >= 0.6 is 12.2 Å². The lowest BCUT2D eigenvalue weighted by Crippen LogP contribution is -2.45. The van der Waals surface area contributed by atoms with E-state index in [0.29, 0.717) is 13.0 Å². The Morgan fingerprint density at radius 1 is 1.62 bits per heavy atom. The smallest absolute Gasteiger partial charge is 0.212 e. The number of nitrogens with one attached hydrogen (secondary N) is 1. The second-order valence-electron chi connectivity index (χ2n) is 4.00. The van der Waals surface area contributed by atoms with Crippen LogP contribution in [0.1, 0.15) is 19.3 Å². The van der Waals surface area contributed by atoms with Gasteiger partial charge in [0.1, 0.15) is 0 Å². The summed E-state index contributed by atoms with van der Waals surface area (Å²) in [4.78, 5) is 0.234. The third-order valence-corrected chi connectivity index (χ3v) is 4.16. The van der Waals surface area contributed by atoms with E-state index >= 15 is 0 Å². The Morgan fingerprint density at radius 2 is 2.25 bits per heavy atom. The van der Waals surface area contributed by atoms with Crippen LogP contribution in [-0.4, -0.2) is 38.9 Å². The van der Waals surface area contributed by atoms with Crippen LogP contribution in [-0.2, 0) is 14.8 Å². The molecule has 1 unspecified atom stereocenters. The van der Waals surface area contributed by atoms with Gasteiger partial charge in [-0.05, 0) is 25.2 Å². The molecule has 1 aliphatic rings. The summed E-state index contributed by atoms with van der Waals surface area (Å²) in [5.41, 5.74) is 5.52. The molecule has 7 heteroatoms. The van der Waals surface area contributed by atoms with Gasteiger partial charge < -0.3 is 10.5 Å². The molecule has 16 heavy (non-hydrogen) atoms. The van der Waals surface area contributed by atoms with Gasteiger partial charge in [-0.2, -0.15) is 0 Å². The molecule has 0 spiro atoms. The number of nitrogens with two attached hydrogens (primary N) is 1. The predicted octanol–water partition coefficient (Wildman–Crippen LogP) is 0.00700. The first-order valence-corrected chi connectivity index (χ1v) is 7.30. The summed E-state index contributed by atoms with van der Waals surface area (Å²) < 4.78 is 30.7. The number of rotatable bonds is 8. The van der Waals surface area contributed by atoms with E-state index in [0.717, 1.165) is 12.8 Å². The van der Waals surface area contributed by atoms with E-state index in [-0.39, 0.29) is 22.7 Å². The van der Waals surface area contributed by atoms with Gasteiger partial charge in [-0.3, -0.25) is 0 Å². The molecule has 0 amide bonds. The van der Waals surface area contributed by atoms with Crippen molar-refractivity contribution >= 4 is 27.2 Å². The van der Waals surface area contributed by atoms with E-state index in [1.807, 2.05) is 0 Å². The van der Waals surface area contributed by atoms with Crippen molar-refractivity contribution < 1.29 is 13.2 Å². The van der Waals surface area contributed by atoms with Crippen molar-refractivity contribution in [2.75, 3.05) is 19.5 Å². The zero-order valence-corrected chi connectivity index (χ0v) is 10.9. The van der Waals surface area contributed by atoms with E-state index in [4.69, 9.17) is 22.7 Å². The third kappa shape index (κ3) is 4.73. The van der Waals surface area contributed by atoms with E-state index in [2.05, 4.69) is 4.72 Å². The lowest BCUT2D eigenvalue weighted by atomic mass is 10.2. The van der Waals surface area contributed by atoms with Crippen LogP contribution in [0.5, 0.6) is 0 Å². The molecule has 0 radical (unpaired) electrons. The fourth-order valence-corrected chi connectivity index (χ4v) is 3.11. The van der Waals surface area contributed by atoms with Crippen LogP contribution in [0, 0.1) is 5.92 Å². The molecular weight excluding hydrogens is 248 g/mol. The van der Waals surface area contributed by atoms with Gasteiger partial charge in [0.15, 0.2) is 0 Å². The summed E-state index contributed by atoms with van der Waals surface area (Å²) >= 11 is 4.86. The van der Waals surface area contributed by atoms with Gasteiger partial charge in [0.2, 0.25) is 10.0 Å². The number of hydrogen-bond acceptors (Lipinski definition) is 4. The lowest BCUT2D eigenvalue weighted by Gasteiger charge is -2.16. The largest absolute Gasteiger partial charge is 0.392 e. The second kappa shape index (κ2) is 5.90. The second-order valence-corrected chi connectivity index (χ2v) is 6.35. The first kappa shape index (κ1) is 13.8. The maximum absolute atomic E-state index is 11.7. The zero-order chi connectivity index (χ0) is 12.2. The van der Waals surface area contributed by atoms with E-state index in [1.54, 1.807) is 7.11 Å². The highest BCUT2D eigenvalue weighted by atomic mass is 32.2. The van der Waals surface area contributed by atoms with Gasteiger partial charge in [0, 0.05) is 13.7 Å². The summed E-state index contributed by atoms with van der Waals surface area (Å²) in [7, 11) is -1.76. The van der Waals surface area contributed by atoms with Crippen LogP contribution < -0.4 is 10.5 Å². The summed E-state index contributed by atoms with van der Waals surface area (Å²) in [5.74, 6) is 0.335. The number of methoxy groups -OCH3 is 1. The van der Waals surface area contributed by atoms with Crippen molar-refractivity contribution in [1.29, 1.82) is 0 Å². The van der Waals surface area contributed by atoms with Crippen LogP contribution in [0.2, 0.25) is 0 Å². The monoisotopic (exact) mass is 266 g/mol. The molecule has 0 aromatic heterocycles. The summed E-state index contributed by atoms with van der Waals surface area (Å²) in [6.07, 6.45) is 2.45. The lowest BCUT2D eigenvalue weighted by molar-refractivity contribution is 0.199. The summed E-state index contributed by atoms with van der Waals surface area (Å²) in [6, 6.07) is -0.373. The molecule has 0 bridgehead atoms. The molecule has 1 rings (SSSR count). The molecular formula is C9H18N2O3S2. The quantitative estimate of drug-likeness (QED) is 0.478. The van der Waals surface area contributed by atoms with Crippen LogP contribution in [0.3, 0.4) is 0 Å². The van der Waals surface area contributed by atoms with Crippen molar-refractivity contribution in [2.24, 2.45) is 11.7 Å². The van der Waals surface area contributed by atoms with E-state index in [1.165, 1.54) is 0 Å². The molecule has 5 nitrogen and oxygen atoms in total. The van der Waals surface area contributed by atoms with Crippen LogP contribution in [0.4, 0.5) is 0 Å². The van der Waals surface area contributed by atoms with Gasteiger partial charge in [-0.1, -0.05) is 12.2 Å². The van der Waals surface area contributed by atoms with E-state index < -0.39 is 10.0 Å². The topological polar surface area (TPSA) is 81.4 Å². The molecule has 1 atom stereocenters. The van der Waals surface area contributed by atoms with Crippen molar-refractivity contribution in [3.63, 3.8) is 0 Å². The highest BCUT2D eigenvalue weighted by Gasteiger charge is 2.35. The van der Waals surface area contributed by atoms with Crippen molar-refractivity contribution in [1.82, 2.24) is 4.72 Å². The molecule has 0 saturated heterocycles. The fraction of sp³-hybridized carbons (Fsp3) is 0.889. The molecule has 0 aromatic rings. The Hall–Kier alpha value is -0.240. The van der Waals surface area contributed by atoms with Crippen molar-refractivity contribution in [3.8, 4) is 0 Å². The first-order chi connectivity index (χ1) is 7.46. The van der Waals surface area contributed by atoms with Gasteiger partial charge in [-0.25, -0.2) is 13.1 Å². The number of sulfonamides is 1. The van der Waals surface area contributed by atoms with Crippen LogP contribution in [0.25, 0.3) is 0 Å². The minimum absolute atomic E-state index is 0.0483. The van der Waals surface area contributed by atoms with Gasteiger partial charge >= 0.3 is 0 Å². The Kier molecular flexibility index (Phi) is 5.10. The fourth-order valence-electron chi connectivity index (χ4n) is 1.46. The number of thiocarbonyl (C=S) groups is 1. The Labute approximate surface area is 102 Å². The maximum Gasteiger partial charge on any atom is 0.212 e. The van der Waals surface area contributed by atoms with Gasteiger partial charge in [0.05, 0.1) is 16.8 Å². The van der Waals surface area contributed by atoms with Crippen LogP contribution in [0.15, 0.2) is 0 Å². The number of ether oxygens (including phenoxy) is 1. The van der Waals surface area contributed by atoms with Crippen molar-refractivity contribution in [3.05, 3.63) is 0 Å². The summed E-state index contributed by atoms with van der Waals surface area (Å²) in [5, 5.41) is 0. The highest BCUT2D eigenvalue weighted by Crippen LogP contribution is 2.33. The average Bonchev–Trinajstić information content (AvgIpc) is 2.97. The standard InChI is InChI=1S/C9H18N2O3S2/c1-14-5-2-6-16(12,13)11-8(9(10)15)7-3-4-7/h7-8,11H,2-6H2,1H3,(H2,10,15). The zero-order valence-electron chi connectivity index (χ0n) is 9.31. The molecule has 3 N–H and O–H groups in total. The Balaban J connectivity index is 2.46. The van der Waals surface area contributed by atoms with Gasteiger partial charge in [-0.15, -0.1) is 0 Å². The molecule has 0 aliphatic heterocycles. The highest BCUT2D eigenvalue weighted by molar-refractivity contribution is 7.89. The maximum atomic E-state index is 11.7. The molecule has 1 saturated carbocycles. The minimum atomic E-state index is -3.30. The first-order valence-electron chi connectivity index (χ1n) is 5.24. The third-order valence-electron chi connectivity index (χ3n) is 2.47. The molecule has 0 aromatic carbocycles.